The third kappa shape index (κ3) is 4.43. The predicted octanol–water partition coefficient (Wildman–Crippen LogP) is 2.44. The molecule has 2 nitrogen and oxygen atoms in total. The third-order valence-corrected chi connectivity index (χ3v) is 3.31. The van der Waals surface area contributed by atoms with E-state index in [1.54, 1.807) is 7.11 Å². The first-order chi connectivity index (χ1) is 6.72. The Labute approximate surface area is 88.4 Å². The topological polar surface area (TPSA) is 21.3 Å². The lowest BCUT2D eigenvalue weighted by molar-refractivity contribution is 0.166. The second-order valence-corrected chi connectivity index (χ2v) is 4.89. The molecule has 0 aromatic rings. The lowest BCUT2D eigenvalue weighted by Crippen LogP contribution is -2.35. The lowest BCUT2D eigenvalue weighted by atomic mass is 9.83. The van der Waals surface area contributed by atoms with Crippen molar-refractivity contribution in [1.82, 2.24) is 5.32 Å². The van der Waals surface area contributed by atoms with Crippen molar-refractivity contribution < 1.29 is 4.74 Å². The van der Waals surface area contributed by atoms with E-state index >= 15 is 0 Å². The monoisotopic (exact) mass is 199 g/mol. The van der Waals surface area contributed by atoms with Crippen molar-refractivity contribution in [3.63, 3.8) is 0 Å². The fourth-order valence-electron chi connectivity index (χ4n) is 2.21. The molecule has 1 aliphatic rings. The van der Waals surface area contributed by atoms with E-state index in [2.05, 4.69) is 19.2 Å². The van der Waals surface area contributed by atoms with E-state index in [0.29, 0.717) is 6.04 Å². The number of hydrogen-bond donors (Lipinski definition) is 1. The van der Waals surface area contributed by atoms with E-state index in [1.807, 2.05) is 0 Å². The van der Waals surface area contributed by atoms with Crippen molar-refractivity contribution in [2.24, 2.45) is 11.8 Å². The Kier molecular flexibility index (Phi) is 5.49. The normalized spacial score (nSPS) is 30.2. The molecule has 1 saturated carbocycles. The van der Waals surface area contributed by atoms with E-state index in [9.17, 15) is 0 Å². The maximum atomic E-state index is 5.10. The van der Waals surface area contributed by atoms with Crippen molar-refractivity contribution in [3.05, 3.63) is 0 Å². The van der Waals surface area contributed by atoms with Crippen LogP contribution in [0.25, 0.3) is 0 Å². The van der Waals surface area contributed by atoms with E-state index in [-0.39, 0.29) is 0 Å². The molecule has 2 heteroatoms. The first-order valence-corrected chi connectivity index (χ1v) is 5.94. The van der Waals surface area contributed by atoms with Crippen LogP contribution in [0, 0.1) is 11.8 Å². The Hall–Kier alpha value is -0.0800. The summed E-state index contributed by atoms with van der Waals surface area (Å²) in [5, 5.41) is 3.54. The maximum absolute atomic E-state index is 5.10. The quantitative estimate of drug-likeness (QED) is 0.734. The molecule has 0 aromatic heterocycles. The third-order valence-electron chi connectivity index (χ3n) is 3.31. The molecular weight excluding hydrogens is 174 g/mol. The fourth-order valence-corrected chi connectivity index (χ4v) is 2.21. The van der Waals surface area contributed by atoms with Gasteiger partial charge in [0.1, 0.15) is 0 Å². The Morgan fingerprint density at radius 2 is 1.93 bits per heavy atom. The maximum Gasteiger partial charge on any atom is 0.0613 e. The molecule has 0 saturated heterocycles. The Balaban J connectivity index is 2.06. The number of hydrogen-bond acceptors (Lipinski definition) is 2. The highest BCUT2D eigenvalue weighted by Gasteiger charge is 2.18. The Bertz CT molecular complexity index is 141. The highest BCUT2D eigenvalue weighted by atomic mass is 16.5. The van der Waals surface area contributed by atoms with Gasteiger partial charge in [0.05, 0.1) is 6.61 Å². The molecule has 1 fully saturated rings. The fraction of sp³-hybridized carbons (Fsp3) is 1.00. The highest BCUT2D eigenvalue weighted by molar-refractivity contribution is 4.73. The van der Waals surface area contributed by atoms with Gasteiger partial charge in [0, 0.05) is 13.2 Å². The van der Waals surface area contributed by atoms with E-state index < -0.39 is 0 Å². The van der Waals surface area contributed by atoms with Crippen LogP contribution in [-0.4, -0.2) is 26.3 Å². The molecule has 1 unspecified atom stereocenters. The van der Waals surface area contributed by atoms with Gasteiger partial charge < -0.3 is 10.1 Å². The van der Waals surface area contributed by atoms with Crippen LogP contribution in [-0.2, 0) is 4.74 Å². The molecule has 1 atom stereocenters. The summed E-state index contributed by atoms with van der Waals surface area (Å²) in [6.07, 6.45) is 5.66. The SMILES string of the molecule is COCC(C)NCC1CCC(C)CC1. The Morgan fingerprint density at radius 1 is 1.29 bits per heavy atom. The lowest BCUT2D eigenvalue weighted by Gasteiger charge is -2.27. The van der Waals surface area contributed by atoms with Crippen LogP contribution in [0.3, 0.4) is 0 Å². The standard InChI is InChI=1S/C12H25NO/c1-10-4-6-12(7-5-10)8-13-11(2)9-14-3/h10-13H,4-9H2,1-3H3. The van der Waals surface area contributed by atoms with Crippen molar-refractivity contribution in [1.29, 1.82) is 0 Å². The number of methoxy groups -OCH3 is 1. The summed E-state index contributed by atoms with van der Waals surface area (Å²) < 4.78 is 5.10. The highest BCUT2D eigenvalue weighted by Crippen LogP contribution is 2.27. The van der Waals surface area contributed by atoms with Gasteiger partial charge in [-0.05, 0) is 38.1 Å². The predicted molar refractivity (Wildman–Crippen MR) is 60.5 cm³/mol. The first-order valence-electron chi connectivity index (χ1n) is 5.94. The zero-order chi connectivity index (χ0) is 10.4. The zero-order valence-electron chi connectivity index (χ0n) is 9.88. The van der Waals surface area contributed by atoms with Gasteiger partial charge in [-0.2, -0.15) is 0 Å². The molecule has 0 spiro atoms. The average molecular weight is 199 g/mol. The number of nitrogens with one attached hydrogen (secondary N) is 1. The molecular formula is C12H25NO. The summed E-state index contributed by atoms with van der Waals surface area (Å²) >= 11 is 0. The van der Waals surface area contributed by atoms with Crippen molar-refractivity contribution in [2.45, 2.75) is 45.6 Å². The molecule has 0 heterocycles. The molecule has 14 heavy (non-hydrogen) atoms. The van der Waals surface area contributed by atoms with Crippen LogP contribution in [0.15, 0.2) is 0 Å². The van der Waals surface area contributed by atoms with Gasteiger partial charge in [0.2, 0.25) is 0 Å². The van der Waals surface area contributed by atoms with Crippen molar-refractivity contribution >= 4 is 0 Å². The van der Waals surface area contributed by atoms with Gasteiger partial charge in [-0.1, -0.05) is 19.8 Å². The van der Waals surface area contributed by atoms with Gasteiger partial charge in [-0.15, -0.1) is 0 Å². The summed E-state index contributed by atoms with van der Waals surface area (Å²) in [6, 6.07) is 0.499. The molecule has 0 bridgehead atoms. The molecule has 0 aromatic carbocycles. The summed E-state index contributed by atoms with van der Waals surface area (Å²) in [5.41, 5.74) is 0. The van der Waals surface area contributed by atoms with Crippen LogP contribution >= 0.6 is 0 Å². The molecule has 0 amide bonds. The molecule has 1 aliphatic carbocycles. The molecule has 1 rings (SSSR count). The zero-order valence-corrected chi connectivity index (χ0v) is 9.88. The van der Waals surface area contributed by atoms with E-state index in [4.69, 9.17) is 4.74 Å². The largest absolute Gasteiger partial charge is 0.383 e. The summed E-state index contributed by atoms with van der Waals surface area (Å²) in [4.78, 5) is 0. The van der Waals surface area contributed by atoms with Gasteiger partial charge >= 0.3 is 0 Å². The van der Waals surface area contributed by atoms with E-state index in [1.165, 1.54) is 32.2 Å². The summed E-state index contributed by atoms with van der Waals surface area (Å²) in [6.45, 7) is 6.56. The van der Waals surface area contributed by atoms with Crippen molar-refractivity contribution in [3.8, 4) is 0 Å². The first kappa shape index (κ1) is 12.0. The van der Waals surface area contributed by atoms with Gasteiger partial charge in [-0.3, -0.25) is 0 Å². The number of ether oxygens (including phenoxy) is 1. The minimum Gasteiger partial charge on any atom is -0.383 e. The molecule has 0 radical (unpaired) electrons. The second kappa shape index (κ2) is 6.41. The number of rotatable bonds is 5. The summed E-state index contributed by atoms with van der Waals surface area (Å²) in [5.74, 6) is 1.87. The smallest absolute Gasteiger partial charge is 0.0613 e. The van der Waals surface area contributed by atoms with Gasteiger partial charge in [0.25, 0.3) is 0 Å². The average Bonchev–Trinajstić information content (AvgIpc) is 2.17. The van der Waals surface area contributed by atoms with Crippen LogP contribution in [0.1, 0.15) is 39.5 Å². The van der Waals surface area contributed by atoms with Gasteiger partial charge in [0.15, 0.2) is 0 Å². The van der Waals surface area contributed by atoms with Crippen LogP contribution in [0.4, 0.5) is 0 Å². The Morgan fingerprint density at radius 3 is 2.50 bits per heavy atom. The van der Waals surface area contributed by atoms with Crippen LogP contribution < -0.4 is 5.32 Å². The van der Waals surface area contributed by atoms with Crippen molar-refractivity contribution in [2.75, 3.05) is 20.3 Å². The second-order valence-electron chi connectivity index (χ2n) is 4.89. The molecule has 84 valence electrons. The summed E-state index contributed by atoms with van der Waals surface area (Å²) in [7, 11) is 1.76. The molecule has 1 N–H and O–H groups in total. The van der Waals surface area contributed by atoms with Gasteiger partial charge in [-0.25, -0.2) is 0 Å². The minimum atomic E-state index is 0.499. The van der Waals surface area contributed by atoms with Crippen LogP contribution in [0.2, 0.25) is 0 Å². The van der Waals surface area contributed by atoms with Crippen LogP contribution in [0.5, 0.6) is 0 Å². The van der Waals surface area contributed by atoms with E-state index in [0.717, 1.165) is 18.4 Å². The molecule has 0 aliphatic heterocycles. The minimum absolute atomic E-state index is 0.499.